The van der Waals surface area contributed by atoms with Gasteiger partial charge in [0.05, 0.1) is 21.8 Å². The van der Waals surface area contributed by atoms with Crippen molar-refractivity contribution in [3.8, 4) is 34.1 Å². The van der Waals surface area contributed by atoms with Gasteiger partial charge in [-0.25, -0.2) is 9.78 Å². The van der Waals surface area contributed by atoms with Gasteiger partial charge in [-0.1, -0.05) is 84.4 Å². The van der Waals surface area contributed by atoms with Crippen molar-refractivity contribution in [3.63, 3.8) is 0 Å². The van der Waals surface area contributed by atoms with Gasteiger partial charge in [0.25, 0.3) is 0 Å². The first-order chi connectivity index (χ1) is 18.0. The van der Waals surface area contributed by atoms with E-state index < -0.39 is 5.97 Å². The number of nitrogens with zero attached hydrogens (tertiary/aromatic N) is 2. The van der Waals surface area contributed by atoms with E-state index in [1.807, 2.05) is 24.3 Å². The Bertz CT molecular complexity index is 1800. The molecule has 37 heavy (non-hydrogen) atoms. The average molecular weight is 506 g/mol. The largest absolute Gasteiger partial charge is 0.478 e. The van der Waals surface area contributed by atoms with Gasteiger partial charge in [-0.15, -0.1) is 0 Å². The molecule has 6 aromatic rings. The highest BCUT2D eigenvalue weighted by molar-refractivity contribution is 6.33. The molecule has 0 spiro atoms. The summed E-state index contributed by atoms with van der Waals surface area (Å²) in [5, 5.41) is 12.2. The van der Waals surface area contributed by atoms with E-state index >= 15 is 0 Å². The highest BCUT2D eigenvalue weighted by atomic mass is 35.5. The van der Waals surface area contributed by atoms with Gasteiger partial charge in [0.2, 0.25) is 0 Å². The first-order valence-electron chi connectivity index (χ1n) is 11.6. The smallest absolute Gasteiger partial charge is 0.336 e. The van der Waals surface area contributed by atoms with E-state index in [1.165, 1.54) is 16.8 Å². The lowest BCUT2D eigenvalue weighted by molar-refractivity contribution is 0.0695. The number of nitrogens with one attached hydrogen (secondary N) is 1. The van der Waals surface area contributed by atoms with E-state index in [2.05, 4.69) is 57.4 Å². The quantitative estimate of drug-likeness (QED) is 0.248. The summed E-state index contributed by atoms with van der Waals surface area (Å²) in [6.45, 7) is 1.73. The molecule has 7 heteroatoms. The molecule has 0 aliphatic rings. The topological polar surface area (TPSA) is 88.1 Å². The Morgan fingerprint density at radius 3 is 2.46 bits per heavy atom. The number of aromatic nitrogens is 3. The highest BCUT2D eigenvalue weighted by Crippen LogP contribution is 2.34. The summed E-state index contributed by atoms with van der Waals surface area (Å²) in [4.78, 5) is 23.6. The molecule has 0 fully saturated rings. The Morgan fingerprint density at radius 1 is 0.892 bits per heavy atom. The number of imidazole rings is 1. The SMILES string of the molecule is Cc1ccc(Oc2nc3nc(-c4ccc(-c5cccc6ccccc56)cc4)c(Cl)cc3[nH]2)cc1C(=O)O. The number of carboxylic acids is 1. The minimum Gasteiger partial charge on any atom is -0.478 e. The number of fused-ring (bicyclic) bond motifs is 2. The summed E-state index contributed by atoms with van der Waals surface area (Å²) >= 11 is 6.60. The van der Waals surface area contributed by atoms with Crippen molar-refractivity contribution in [2.45, 2.75) is 6.92 Å². The summed E-state index contributed by atoms with van der Waals surface area (Å²) < 4.78 is 5.78. The van der Waals surface area contributed by atoms with Crippen molar-refractivity contribution in [1.82, 2.24) is 15.0 Å². The van der Waals surface area contributed by atoms with Crippen LogP contribution in [0.5, 0.6) is 11.8 Å². The number of aryl methyl sites for hydroxylation is 1. The van der Waals surface area contributed by atoms with Crippen molar-refractivity contribution in [1.29, 1.82) is 0 Å². The van der Waals surface area contributed by atoms with Gasteiger partial charge in [0.15, 0.2) is 5.65 Å². The Balaban J connectivity index is 1.32. The maximum Gasteiger partial charge on any atom is 0.336 e. The van der Waals surface area contributed by atoms with Crippen LogP contribution in [0.2, 0.25) is 5.02 Å². The lowest BCUT2D eigenvalue weighted by atomic mass is 9.97. The molecule has 0 aliphatic carbocycles. The van der Waals surface area contributed by atoms with E-state index in [0.29, 0.717) is 33.2 Å². The molecule has 6 rings (SSSR count). The lowest BCUT2D eigenvalue weighted by Gasteiger charge is -2.09. The summed E-state index contributed by atoms with van der Waals surface area (Å²) in [6.07, 6.45) is 0. The van der Waals surface area contributed by atoms with Gasteiger partial charge >= 0.3 is 12.0 Å². The molecule has 0 saturated heterocycles. The van der Waals surface area contributed by atoms with Gasteiger partial charge in [0.1, 0.15) is 5.75 Å². The normalized spacial score (nSPS) is 11.2. The average Bonchev–Trinajstić information content (AvgIpc) is 3.30. The van der Waals surface area contributed by atoms with E-state index in [-0.39, 0.29) is 11.6 Å². The first-order valence-corrected chi connectivity index (χ1v) is 12.0. The fourth-order valence-electron chi connectivity index (χ4n) is 4.44. The van der Waals surface area contributed by atoms with Crippen LogP contribution in [0.25, 0.3) is 44.3 Å². The first kappa shape index (κ1) is 22.8. The zero-order valence-corrected chi connectivity index (χ0v) is 20.5. The minimum absolute atomic E-state index is 0.170. The number of pyridine rings is 1. The predicted octanol–water partition coefficient (Wildman–Crippen LogP) is 7.90. The van der Waals surface area contributed by atoms with E-state index in [4.69, 9.17) is 16.3 Å². The van der Waals surface area contributed by atoms with Crippen LogP contribution in [0.15, 0.2) is 91.0 Å². The van der Waals surface area contributed by atoms with Crippen molar-refractivity contribution < 1.29 is 14.6 Å². The maximum atomic E-state index is 11.4. The molecular weight excluding hydrogens is 486 g/mol. The van der Waals surface area contributed by atoms with Gasteiger partial charge in [-0.05, 0) is 52.6 Å². The number of ether oxygens (including phenoxy) is 1. The third-order valence-electron chi connectivity index (χ3n) is 6.32. The zero-order valence-electron chi connectivity index (χ0n) is 19.7. The number of halogens is 1. The summed E-state index contributed by atoms with van der Waals surface area (Å²) in [5.41, 5.74) is 5.62. The Kier molecular flexibility index (Phi) is 5.58. The van der Waals surface area contributed by atoms with Gasteiger partial charge in [0, 0.05) is 5.56 Å². The number of aromatic carboxylic acids is 1. The van der Waals surface area contributed by atoms with Crippen LogP contribution in [0.3, 0.4) is 0 Å². The number of benzene rings is 4. The minimum atomic E-state index is -1.02. The predicted molar refractivity (Wildman–Crippen MR) is 145 cm³/mol. The van der Waals surface area contributed by atoms with Crippen LogP contribution < -0.4 is 4.74 Å². The second kappa shape index (κ2) is 9.08. The monoisotopic (exact) mass is 505 g/mol. The summed E-state index contributed by atoms with van der Waals surface area (Å²) in [7, 11) is 0. The molecule has 0 saturated carbocycles. The van der Waals surface area contributed by atoms with Gasteiger partial charge in [-0.2, -0.15) is 4.98 Å². The molecule has 0 aliphatic heterocycles. The Hall–Kier alpha value is -4.68. The molecule has 2 N–H and O–H groups in total. The van der Waals surface area contributed by atoms with E-state index in [0.717, 1.165) is 16.7 Å². The van der Waals surface area contributed by atoms with E-state index in [9.17, 15) is 9.90 Å². The number of hydrogen-bond donors (Lipinski definition) is 2. The van der Waals surface area contributed by atoms with Crippen LogP contribution in [0.1, 0.15) is 15.9 Å². The van der Waals surface area contributed by atoms with Crippen molar-refractivity contribution in [2.75, 3.05) is 0 Å². The number of carbonyl (C=O) groups is 1. The van der Waals surface area contributed by atoms with Crippen LogP contribution >= 0.6 is 11.6 Å². The molecule has 4 aromatic carbocycles. The molecule has 2 heterocycles. The zero-order chi connectivity index (χ0) is 25.5. The Labute approximate surface area is 217 Å². The van der Waals surface area contributed by atoms with Gasteiger partial charge in [-0.3, -0.25) is 0 Å². The lowest BCUT2D eigenvalue weighted by Crippen LogP contribution is -2.00. The number of hydrogen-bond acceptors (Lipinski definition) is 4. The third-order valence-corrected chi connectivity index (χ3v) is 6.61. The van der Waals surface area contributed by atoms with Crippen molar-refractivity contribution in [2.24, 2.45) is 0 Å². The molecule has 0 unspecified atom stereocenters. The molecule has 6 nitrogen and oxygen atoms in total. The van der Waals surface area contributed by atoms with Crippen LogP contribution in [-0.4, -0.2) is 26.0 Å². The maximum absolute atomic E-state index is 11.4. The van der Waals surface area contributed by atoms with E-state index in [1.54, 1.807) is 25.1 Å². The molecule has 180 valence electrons. The third kappa shape index (κ3) is 4.28. The van der Waals surface area contributed by atoms with Crippen molar-refractivity contribution >= 4 is 39.5 Å². The standard InChI is InChI=1S/C30H20ClN3O3/c1-17-9-14-21(15-24(17)29(35)36)37-30-32-26-16-25(31)27(33-28(26)34-30)20-12-10-19(11-13-20)23-8-4-6-18-5-2-3-7-22(18)23/h2-16H,1H3,(H,35,36)(H,32,33,34). The molecule has 2 aromatic heterocycles. The van der Waals surface area contributed by atoms with Crippen LogP contribution in [0.4, 0.5) is 0 Å². The van der Waals surface area contributed by atoms with Crippen LogP contribution in [0, 0.1) is 6.92 Å². The number of carboxylic acid groups (broad SMARTS) is 1. The second-order valence-electron chi connectivity index (χ2n) is 8.72. The molecule has 0 radical (unpaired) electrons. The summed E-state index contributed by atoms with van der Waals surface area (Å²) in [5.74, 6) is -0.658. The Morgan fingerprint density at radius 2 is 1.65 bits per heavy atom. The fraction of sp³-hybridized carbons (Fsp3) is 0.0333. The second-order valence-corrected chi connectivity index (χ2v) is 9.13. The number of aromatic amines is 1. The van der Waals surface area contributed by atoms with Crippen molar-refractivity contribution in [3.05, 3.63) is 107 Å². The van der Waals surface area contributed by atoms with Gasteiger partial charge < -0.3 is 14.8 Å². The number of H-pyrrole nitrogens is 1. The number of rotatable bonds is 5. The molecule has 0 atom stereocenters. The fourth-order valence-corrected chi connectivity index (χ4v) is 4.70. The highest BCUT2D eigenvalue weighted by Gasteiger charge is 2.14. The molecule has 0 bridgehead atoms. The summed E-state index contributed by atoms with van der Waals surface area (Å²) in [6, 6.07) is 29.6. The molecule has 0 amide bonds. The van der Waals surface area contributed by atoms with Crippen LogP contribution in [-0.2, 0) is 0 Å². The molecular formula is C30H20ClN3O3.